The molecule has 0 unspecified atom stereocenters. The first kappa shape index (κ1) is 13.5. The molecule has 3 heteroatoms. The van der Waals surface area contributed by atoms with E-state index in [1.54, 1.807) is 6.07 Å². The van der Waals surface area contributed by atoms with E-state index in [1.807, 2.05) is 12.1 Å². The van der Waals surface area contributed by atoms with Crippen LogP contribution in [0.5, 0.6) is 5.75 Å². The Kier molecular flexibility index (Phi) is 4.81. The van der Waals surface area contributed by atoms with Crippen molar-refractivity contribution in [2.75, 3.05) is 0 Å². The number of phenols is 1. The van der Waals surface area contributed by atoms with Crippen molar-refractivity contribution >= 4 is 15.9 Å². The molecule has 2 N–H and O–H groups in total. The summed E-state index contributed by atoms with van der Waals surface area (Å²) in [6.45, 7) is 7.26. The van der Waals surface area contributed by atoms with Crippen LogP contribution in [0.1, 0.15) is 39.2 Å². The smallest absolute Gasteiger partial charge is 0.120 e. The van der Waals surface area contributed by atoms with Crippen molar-refractivity contribution in [2.24, 2.45) is 0 Å². The van der Waals surface area contributed by atoms with Gasteiger partial charge in [0.15, 0.2) is 0 Å². The van der Waals surface area contributed by atoms with Crippen molar-refractivity contribution in [1.29, 1.82) is 0 Å². The summed E-state index contributed by atoms with van der Waals surface area (Å²) in [6, 6.07) is 5.52. The Bertz CT molecular complexity index is 348. The third kappa shape index (κ3) is 3.49. The Morgan fingerprint density at radius 1 is 1.31 bits per heavy atom. The lowest BCUT2D eigenvalue weighted by molar-refractivity contribution is 0.326. The number of hydrogen-bond acceptors (Lipinski definition) is 2. The monoisotopic (exact) mass is 285 g/mol. The predicted octanol–water partition coefficient (Wildman–Crippen LogP) is 3.82. The van der Waals surface area contributed by atoms with E-state index in [2.05, 4.69) is 42.0 Å². The first-order valence-corrected chi connectivity index (χ1v) is 6.52. The molecule has 1 aromatic rings. The van der Waals surface area contributed by atoms with E-state index < -0.39 is 0 Å². The summed E-state index contributed by atoms with van der Waals surface area (Å²) in [5.41, 5.74) is 1.08. The standard InChI is InChI=1S/C13H20BrNO/c1-4-13(3,5-2)15-9-10-8-11(14)6-7-12(10)16/h6-8,15-16H,4-5,9H2,1-3H3. The normalized spacial score (nSPS) is 11.8. The van der Waals surface area contributed by atoms with Gasteiger partial charge < -0.3 is 10.4 Å². The zero-order valence-corrected chi connectivity index (χ0v) is 11.8. The van der Waals surface area contributed by atoms with Crippen LogP contribution in [0.25, 0.3) is 0 Å². The van der Waals surface area contributed by atoms with Crippen LogP contribution in [0.15, 0.2) is 22.7 Å². The second kappa shape index (κ2) is 5.69. The number of hydrogen-bond donors (Lipinski definition) is 2. The average Bonchev–Trinajstić information content (AvgIpc) is 2.30. The fourth-order valence-electron chi connectivity index (χ4n) is 1.50. The molecule has 1 rings (SSSR count). The minimum atomic E-state index is 0.148. The first-order chi connectivity index (χ1) is 7.50. The quantitative estimate of drug-likeness (QED) is 0.862. The molecule has 16 heavy (non-hydrogen) atoms. The number of halogens is 1. The van der Waals surface area contributed by atoms with Crippen LogP contribution in [0.2, 0.25) is 0 Å². The van der Waals surface area contributed by atoms with Crippen LogP contribution < -0.4 is 5.32 Å². The third-order valence-corrected chi connectivity index (χ3v) is 3.80. The van der Waals surface area contributed by atoms with Crippen molar-refractivity contribution in [3.63, 3.8) is 0 Å². The van der Waals surface area contributed by atoms with E-state index in [0.29, 0.717) is 12.3 Å². The van der Waals surface area contributed by atoms with E-state index in [9.17, 15) is 5.11 Å². The number of benzene rings is 1. The highest BCUT2D eigenvalue weighted by Crippen LogP contribution is 2.23. The summed E-state index contributed by atoms with van der Waals surface area (Å²) in [7, 11) is 0. The van der Waals surface area contributed by atoms with Crippen molar-refractivity contribution in [1.82, 2.24) is 5.32 Å². The Balaban J connectivity index is 2.70. The molecule has 0 heterocycles. The van der Waals surface area contributed by atoms with Gasteiger partial charge in [0.1, 0.15) is 5.75 Å². The predicted molar refractivity (Wildman–Crippen MR) is 71.6 cm³/mol. The van der Waals surface area contributed by atoms with Crippen molar-refractivity contribution < 1.29 is 5.11 Å². The molecule has 0 aliphatic heterocycles. The van der Waals surface area contributed by atoms with Crippen LogP contribution in [0, 0.1) is 0 Å². The molecule has 90 valence electrons. The van der Waals surface area contributed by atoms with Gasteiger partial charge in [0, 0.05) is 22.1 Å². The molecule has 0 saturated heterocycles. The molecule has 0 spiro atoms. The van der Waals surface area contributed by atoms with Crippen LogP contribution in [-0.4, -0.2) is 10.6 Å². The van der Waals surface area contributed by atoms with Crippen molar-refractivity contribution in [2.45, 2.75) is 45.7 Å². The molecule has 0 saturated carbocycles. The molecule has 0 fully saturated rings. The Morgan fingerprint density at radius 3 is 2.50 bits per heavy atom. The Morgan fingerprint density at radius 2 is 1.94 bits per heavy atom. The Hall–Kier alpha value is -0.540. The van der Waals surface area contributed by atoms with E-state index in [-0.39, 0.29) is 5.54 Å². The lowest BCUT2D eigenvalue weighted by Gasteiger charge is -2.28. The second-order valence-corrected chi connectivity index (χ2v) is 5.31. The SMILES string of the molecule is CCC(C)(CC)NCc1cc(Br)ccc1O. The van der Waals surface area contributed by atoms with Crippen LogP contribution in [0.3, 0.4) is 0 Å². The van der Waals surface area contributed by atoms with Crippen LogP contribution in [0.4, 0.5) is 0 Å². The number of nitrogens with one attached hydrogen (secondary N) is 1. The van der Waals surface area contributed by atoms with Gasteiger partial charge in [-0.15, -0.1) is 0 Å². The Labute approximate surface area is 106 Å². The lowest BCUT2D eigenvalue weighted by atomic mass is 9.95. The highest BCUT2D eigenvalue weighted by atomic mass is 79.9. The maximum absolute atomic E-state index is 9.72. The van der Waals surface area contributed by atoms with Crippen molar-refractivity contribution in [3.05, 3.63) is 28.2 Å². The minimum Gasteiger partial charge on any atom is -0.508 e. The second-order valence-electron chi connectivity index (χ2n) is 4.39. The highest BCUT2D eigenvalue weighted by Gasteiger charge is 2.18. The molecular formula is C13H20BrNO. The zero-order valence-electron chi connectivity index (χ0n) is 10.2. The van der Waals surface area contributed by atoms with Crippen LogP contribution >= 0.6 is 15.9 Å². The molecule has 0 radical (unpaired) electrons. The topological polar surface area (TPSA) is 32.3 Å². The average molecular weight is 286 g/mol. The maximum Gasteiger partial charge on any atom is 0.120 e. The van der Waals surface area contributed by atoms with Gasteiger partial charge in [-0.2, -0.15) is 0 Å². The van der Waals surface area contributed by atoms with E-state index in [0.717, 1.165) is 22.9 Å². The van der Waals surface area contributed by atoms with Gasteiger partial charge in [0.25, 0.3) is 0 Å². The summed E-state index contributed by atoms with van der Waals surface area (Å²) < 4.78 is 0.997. The summed E-state index contributed by atoms with van der Waals surface area (Å²) in [5, 5.41) is 13.2. The fraction of sp³-hybridized carbons (Fsp3) is 0.538. The van der Waals surface area contributed by atoms with Gasteiger partial charge in [-0.1, -0.05) is 29.8 Å². The molecular weight excluding hydrogens is 266 g/mol. The largest absolute Gasteiger partial charge is 0.508 e. The van der Waals surface area contributed by atoms with Crippen LogP contribution in [-0.2, 0) is 6.54 Å². The zero-order chi connectivity index (χ0) is 12.2. The maximum atomic E-state index is 9.72. The molecule has 1 aromatic carbocycles. The van der Waals surface area contributed by atoms with Gasteiger partial charge in [0.05, 0.1) is 0 Å². The number of aromatic hydroxyl groups is 1. The highest BCUT2D eigenvalue weighted by molar-refractivity contribution is 9.10. The van der Waals surface area contributed by atoms with E-state index in [1.165, 1.54) is 0 Å². The number of rotatable bonds is 5. The molecule has 2 nitrogen and oxygen atoms in total. The molecule has 0 atom stereocenters. The fourth-order valence-corrected chi connectivity index (χ4v) is 1.91. The van der Waals surface area contributed by atoms with Gasteiger partial charge >= 0.3 is 0 Å². The molecule has 0 aliphatic rings. The summed E-state index contributed by atoms with van der Waals surface area (Å²) in [5.74, 6) is 0.352. The summed E-state index contributed by atoms with van der Waals surface area (Å²) in [6.07, 6.45) is 2.16. The summed E-state index contributed by atoms with van der Waals surface area (Å²) in [4.78, 5) is 0. The lowest BCUT2D eigenvalue weighted by Crippen LogP contribution is -2.40. The van der Waals surface area contributed by atoms with Gasteiger partial charge in [-0.05, 0) is 38.0 Å². The van der Waals surface area contributed by atoms with E-state index >= 15 is 0 Å². The van der Waals surface area contributed by atoms with Crippen molar-refractivity contribution in [3.8, 4) is 5.75 Å². The third-order valence-electron chi connectivity index (χ3n) is 3.31. The summed E-state index contributed by atoms with van der Waals surface area (Å²) >= 11 is 3.41. The molecule has 0 amide bonds. The molecule has 0 aromatic heterocycles. The number of phenolic OH excluding ortho intramolecular Hbond substituents is 1. The first-order valence-electron chi connectivity index (χ1n) is 5.73. The van der Waals surface area contributed by atoms with E-state index in [4.69, 9.17) is 0 Å². The molecule has 0 aliphatic carbocycles. The minimum absolute atomic E-state index is 0.148. The van der Waals surface area contributed by atoms with Gasteiger partial charge in [-0.25, -0.2) is 0 Å². The van der Waals surface area contributed by atoms with Gasteiger partial charge in [-0.3, -0.25) is 0 Å². The van der Waals surface area contributed by atoms with Gasteiger partial charge in [0.2, 0.25) is 0 Å². The molecule has 0 bridgehead atoms.